The van der Waals surface area contributed by atoms with Gasteiger partial charge in [-0.2, -0.15) is 0 Å². The van der Waals surface area contributed by atoms with E-state index in [4.69, 9.17) is 0 Å². The molecule has 0 fully saturated rings. The highest BCUT2D eigenvalue weighted by Gasteiger charge is 2.14. The zero-order chi connectivity index (χ0) is 13.3. The molecule has 0 radical (unpaired) electrons. The number of aromatic amines is 1. The summed E-state index contributed by atoms with van der Waals surface area (Å²) in [4.78, 5) is 12.2. The molecule has 0 unspecified atom stereocenters. The molecule has 1 aromatic carbocycles. The molecule has 0 amide bonds. The maximum atomic E-state index is 12.2. The number of rotatable bonds is 3. The van der Waals surface area contributed by atoms with Crippen LogP contribution in [0.5, 0.6) is 0 Å². The molecule has 0 saturated heterocycles. The molecule has 2 rings (SSSR count). The number of aryl methyl sites for hydroxylation is 1. The summed E-state index contributed by atoms with van der Waals surface area (Å²) < 4.78 is 2.72. The fourth-order valence-corrected chi connectivity index (χ4v) is 2.45. The van der Waals surface area contributed by atoms with E-state index in [1.54, 1.807) is 4.68 Å². The Labute approximate surface area is 115 Å². The number of hydrogen-bond donors (Lipinski definition) is 1. The van der Waals surface area contributed by atoms with Gasteiger partial charge in [-0.15, -0.1) is 0 Å². The van der Waals surface area contributed by atoms with Gasteiger partial charge in [0.05, 0.1) is 6.54 Å². The second-order valence-electron chi connectivity index (χ2n) is 4.82. The molecule has 0 bridgehead atoms. The number of nitrogens with zero attached hydrogens (tertiary/aromatic N) is 1. The van der Waals surface area contributed by atoms with Gasteiger partial charge in [0.25, 0.3) is 5.56 Å². The van der Waals surface area contributed by atoms with E-state index in [1.165, 1.54) is 0 Å². The molecule has 0 spiro atoms. The highest BCUT2D eigenvalue weighted by atomic mass is 79.9. The Morgan fingerprint density at radius 2 is 1.89 bits per heavy atom. The van der Waals surface area contributed by atoms with Crippen LogP contribution < -0.4 is 5.56 Å². The molecule has 1 heterocycles. The van der Waals surface area contributed by atoms with Crippen LogP contribution in [0.4, 0.5) is 0 Å². The highest BCUT2D eigenvalue weighted by Crippen LogP contribution is 2.14. The molecule has 0 atom stereocenters. The Bertz CT molecular complexity index is 593. The number of aromatic nitrogens is 2. The van der Waals surface area contributed by atoms with Crippen molar-refractivity contribution in [2.75, 3.05) is 0 Å². The Balaban J connectivity index is 2.33. The van der Waals surface area contributed by atoms with E-state index in [0.29, 0.717) is 6.54 Å². The number of halogens is 1. The van der Waals surface area contributed by atoms with E-state index in [0.717, 1.165) is 21.3 Å². The third kappa shape index (κ3) is 2.58. The predicted molar refractivity (Wildman–Crippen MR) is 77.1 cm³/mol. The molecule has 2 aromatic rings. The van der Waals surface area contributed by atoms with Crippen molar-refractivity contribution in [2.45, 2.75) is 33.2 Å². The Kier molecular flexibility index (Phi) is 3.76. The molecular weight excluding hydrogens is 292 g/mol. The molecule has 1 aromatic heterocycles. The maximum Gasteiger partial charge on any atom is 0.270 e. The van der Waals surface area contributed by atoms with Gasteiger partial charge in [0.15, 0.2) is 0 Å². The fourth-order valence-electron chi connectivity index (χ4n) is 2.18. The van der Waals surface area contributed by atoms with Gasteiger partial charge in [-0.25, -0.2) is 4.68 Å². The second kappa shape index (κ2) is 5.14. The van der Waals surface area contributed by atoms with E-state index in [9.17, 15) is 4.79 Å². The van der Waals surface area contributed by atoms with Gasteiger partial charge in [0.2, 0.25) is 0 Å². The van der Waals surface area contributed by atoms with Crippen LogP contribution in [-0.4, -0.2) is 9.78 Å². The zero-order valence-electron chi connectivity index (χ0n) is 10.8. The predicted octanol–water partition coefficient (Wildman–Crippen LogP) is 3.42. The topological polar surface area (TPSA) is 37.8 Å². The first kappa shape index (κ1) is 13.1. The van der Waals surface area contributed by atoms with E-state index < -0.39 is 0 Å². The van der Waals surface area contributed by atoms with Crippen LogP contribution in [0.1, 0.15) is 36.6 Å². The maximum absolute atomic E-state index is 12.2. The summed E-state index contributed by atoms with van der Waals surface area (Å²) in [6, 6.07) is 8.00. The van der Waals surface area contributed by atoms with Crippen molar-refractivity contribution in [3.63, 3.8) is 0 Å². The average Bonchev–Trinajstić information content (AvgIpc) is 2.57. The lowest BCUT2D eigenvalue weighted by Crippen LogP contribution is -2.20. The Morgan fingerprint density at radius 3 is 2.39 bits per heavy atom. The first-order valence-corrected chi connectivity index (χ1v) is 6.82. The van der Waals surface area contributed by atoms with Gasteiger partial charge < -0.3 is 0 Å². The normalized spacial score (nSPS) is 11.2. The van der Waals surface area contributed by atoms with Crippen molar-refractivity contribution < 1.29 is 0 Å². The van der Waals surface area contributed by atoms with Gasteiger partial charge in [-0.3, -0.25) is 9.89 Å². The third-order valence-corrected chi connectivity index (χ3v) is 3.54. The zero-order valence-corrected chi connectivity index (χ0v) is 12.4. The minimum atomic E-state index is 0.0884. The molecule has 0 aliphatic heterocycles. The second-order valence-corrected chi connectivity index (χ2v) is 5.74. The van der Waals surface area contributed by atoms with E-state index in [2.05, 4.69) is 21.0 Å². The fraction of sp³-hybridized carbons (Fsp3) is 0.357. The van der Waals surface area contributed by atoms with E-state index in [1.807, 2.05) is 45.0 Å². The van der Waals surface area contributed by atoms with Crippen LogP contribution in [0.15, 0.2) is 33.5 Å². The van der Waals surface area contributed by atoms with Crippen molar-refractivity contribution in [2.24, 2.45) is 0 Å². The standard InChI is InChI=1S/C14H17BrN2O/c1-9(2)13-10(3)16-17(14(13)18)8-11-4-6-12(15)7-5-11/h4-7,9,16H,8H2,1-3H3. The lowest BCUT2D eigenvalue weighted by molar-refractivity contribution is 0.655. The molecule has 96 valence electrons. The minimum Gasteiger partial charge on any atom is -0.299 e. The Hall–Kier alpha value is -1.29. The van der Waals surface area contributed by atoms with Crippen molar-refractivity contribution >= 4 is 15.9 Å². The lowest BCUT2D eigenvalue weighted by Gasteiger charge is -2.02. The summed E-state index contributed by atoms with van der Waals surface area (Å²) >= 11 is 3.40. The molecular formula is C14H17BrN2O. The van der Waals surface area contributed by atoms with Crippen molar-refractivity contribution in [3.8, 4) is 0 Å². The molecule has 0 saturated carbocycles. The van der Waals surface area contributed by atoms with Gasteiger partial charge in [-0.1, -0.05) is 41.9 Å². The summed E-state index contributed by atoms with van der Waals surface area (Å²) in [5, 5.41) is 3.15. The summed E-state index contributed by atoms with van der Waals surface area (Å²) in [5.74, 6) is 0.250. The van der Waals surface area contributed by atoms with E-state index in [-0.39, 0.29) is 11.5 Å². The van der Waals surface area contributed by atoms with Gasteiger partial charge in [0, 0.05) is 15.7 Å². The Morgan fingerprint density at radius 1 is 1.28 bits per heavy atom. The van der Waals surface area contributed by atoms with Crippen molar-refractivity contribution in [1.82, 2.24) is 9.78 Å². The number of nitrogens with one attached hydrogen (secondary N) is 1. The highest BCUT2D eigenvalue weighted by molar-refractivity contribution is 9.10. The molecule has 3 nitrogen and oxygen atoms in total. The van der Waals surface area contributed by atoms with Gasteiger partial charge >= 0.3 is 0 Å². The number of H-pyrrole nitrogens is 1. The SMILES string of the molecule is Cc1[nH]n(Cc2ccc(Br)cc2)c(=O)c1C(C)C. The van der Waals surface area contributed by atoms with Crippen LogP contribution in [-0.2, 0) is 6.54 Å². The number of benzene rings is 1. The molecule has 18 heavy (non-hydrogen) atoms. The van der Waals surface area contributed by atoms with Crippen LogP contribution in [0.3, 0.4) is 0 Å². The van der Waals surface area contributed by atoms with Crippen LogP contribution in [0, 0.1) is 6.92 Å². The lowest BCUT2D eigenvalue weighted by atomic mass is 10.1. The van der Waals surface area contributed by atoms with Crippen LogP contribution in [0.25, 0.3) is 0 Å². The molecule has 0 aliphatic carbocycles. The van der Waals surface area contributed by atoms with Crippen LogP contribution in [0.2, 0.25) is 0 Å². The van der Waals surface area contributed by atoms with E-state index >= 15 is 0 Å². The summed E-state index contributed by atoms with van der Waals surface area (Å²) in [7, 11) is 0. The largest absolute Gasteiger partial charge is 0.299 e. The smallest absolute Gasteiger partial charge is 0.270 e. The minimum absolute atomic E-state index is 0.0884. The van der Waals surface area contributed by atoms with Gasteiger partial charge in [0.1, 0.15) is 0 Å². The molecule has 0 aliphatic rings. The first-order valence-electron chi connectivity index (χ1n) is 6.02. The quantitative estimate of drug-likeness (QED) is 0.927. The van der Waals surface area contributed by atoms with Gasteiger partial charge in [-0.05, 0) is 30.5 Å². The summed E-state index contributed by atoms with van der Waals surface area (Å²) in [6.45, 7) is 6.62. The van der Waals surface area contributed by atoms with Crippen LogP contribution >= 0.6 is 15.9 Å². The first-order chi connectivity index (χ1) is 8.49. The summed E-state index contributed by atoms with van der Waals surface area (Å²) in [5.41, 5.74) is 3.04. The monoisotopic (exact) mass is 308 g/mol. The number of hydrogen-bond acceptors (Lipinski definition) is 1. The van der Waals surface area contributed by atoms with Crippen molar-refractivity contribution in [1.29, 1.82) is 0 Å². The van der Waals surface area contributed by atoms with Crippen molar-refractivity contribution in [3.05, 3.63) is 55.9 Å². The average molecular weight is 309 g/mol. The third-order valence-electron chi connectivity index (χ3n) is 3.01. The molecule has 1 N–H and O–H groups in total. The summed E-state index contributed by atoms with van der Waals surface area (Å²) in [6.07, 6.45) is 0. The molecule has 4 heteroatoms.